The van der Waals surface area contributed by atoms with E-state index in [1.807, 2.05) is 35.5 Å². The third-order valence-corrected chi connectivity index (χ3v) is 4.17. The number of Topliss-reactive ketones (excluding diaryl/α,β-unsaturated/α-hetero) is 1. The van der Waals surface area contributed by atoms with Gasteiger partial charge in [0.05, 0.1) is 24.2 Å². The molecule has 0 radical (unpaired) electrons. The number of furan rings is 1. The van der Waals surface area contributed by atoms with E-state index in [-0.39, 0.29) is 5.78 Å². The van der Waals surface area contributed by atoms with Crippen LogP contribution in [0.15, 0.2) is 38.7 Å². The summed E-state index contributed by atoms with van der Waals surface area (Å²) in [6, 6.07) is 5.65. The Labute approximate surface area is 112 Å². The summed E-state index contributed by atoms with van der Waals surface area (Å²) >= 11 is 4.83. The van der Waals surface area contributed by atoms with E-state index in [0.29, 0.717) is 13.1 Å². The lowest BCUT2D eigenvalue weighted by atomic mass is 10.3. The van der Waals surface area contributed by atoms with Crippen LogP contribution >= 0.6 is 27.3 Å². The molecule has 0 aliphatic carbocycles. The molecule has 2 heterocycles. The zero-order valence-corrected chi connectivity index (χ0v) is 11.8. The third kappa shape index (κ3) is 3.28. The number of carbonyl (C=O) groups is 1. The van der Waals surface area contributed by atoms with Crippen LogP contribution in [0.2, 0.25) is 0 Å². The lowest BCUT2D eigenvalue weighted by Gasteiger charge is -2.13. The minimum atomic E-state index is 0.126. The van der Waals surface area contributed by atoms with E-state index in [2.05, 4.69) is 15.9 Å². The van der Waals surface area contributed by atoms with Crippen molar-refractivity contribution in [3.05, 3.63) is 45.0 Å². The molecule has 2 aromatic rings. The minimum Gasteiger partial charge on any atom is -0.468 e. The number of hydrogen-bond acceptors (Lipinski definition) is 4. The predicted octanol–water partition coefficient (Wildman–Crippen LogP) is 3.42. The highest BCUT2D eigenvalue weighted by molar-refractivity contribution is 9.10. The molecular weight excluding hydrogens is 302 g/mol. The smallest absolute Gasteiger partial charge is 0.187 e. The van der Waals surface area contributed by atoms with E-state index >= 15 is 0 Å². The second-order valence-corrected chi connectivity index (χ2v) is 5.54. The number of ketones is 1. The van der Waals surface area contributed by atoms with Gasteiger partial charge in [0.2, 0.25) is 0 Å². The number of thiophene rings is 1. The summed E-state index contributed by atoms with van der Waals surface area (Å²) in [6.45, 7) is 1.03. The van der Waals surface area contributed by atoms with Crippen molar-refractivity contribution in [2.75, 3.05) is 13.6 Å². The molecule has 0 unspecified atom stereocenters. The Morgan fingerprint density at radius 2 is 2.35 bits per heavy atom. The number of likely N-dealkylation sites (N-methyl/N-ethyl adjacent to an activating group) is 1. The number of nitrogens with zero attached hydrogens (tertiary/aromatic N) is 1. The van der Waals surface area contributed by atoms with Gasteiger partial charge in [0, 0.05) is 4.47 Å². The molecule has 0 amide bonds. The maximum atomic E-state index is 12.0. The Balaban J connectivity index is 1.93. The molecule has 3 nitrogen and oxygen atoms in total. The first-order chi connectivity index (χ1) is 8.16. The quantitative estimate of drug-likeness (QED) is 0.793. The zero-order chi connectivity index (χ0) is 12.3. The van der Waals surface area contributed by atoms with Crippen LogP contribution in [-0.4, -0.2) is 24.3 Å². The van der Waals surface area contributed by atoms with Gasteiger partial charge >= 0.3 is 0 Å². The van der Waals surface area contributed by atoms with E-state index in [1.54, 1.807) is 6.26 Å². The molecule has 0 saturated heterocycles. The Kier molecular flexibility index (Phi) is 4.15. The summed E-state index contributed by atoms with van der Waals surface area (Å²) in [5.41, 5.74) is 0. The van der Waals surface area contributed by atoms with Gasteiger partial charge in [0.15, 0.2) is 5.78 Å². The van der Waals surface area contributed by atoms with Crippen molar-refractivity contribution in [3.8, 4) is 0 Å². The molecule has 0 atom stereocenters. The molecule has 0 aliphatic rings. The van der Waals surface area contributed by atoms with Crippen molar-refractivity contribution >= 4 is 33.0 Å². The molecular formula is C12H12BrNO2S. The van der Waals surface area contributed by atoms with Crippen LogP contribution in [-0.2, 0) is 6.54 Å². The summed E-state index contributed by atoms with van der Waals surface area (Å²) < 4.78 is 6.11. The lowest BCUT2D eigenvalue weighted by Crippen LogP contribution is -2.25. The molecule has 0 fully saturated rings. The summed E-state index contributed by atoms with van der Waals surface area (Å²) in [7, 11) is 1.90. The van der Waals surface area contributed by atoms with Crippen LogP contribution in [0.25, 0.3) is 0 Å². The topological polar surface area (TPSA) is 33.5 Å². The van der Waals surface area contributed by atoms with Gasteiger partial charge in [0.25, 0.3) is 0 Å². The first-order valence-corrected chi connectivity index (χ1v) is 6.81. The van der Waals surface area contributed by atoms with Crippen molar-refractivity contribution in [3.63, 3.8) is 0 Å². The Morgan fingerprint density at radius 1 is 1.53 bits per heavy atom. The molecule has 0 aromatic carbocycles. The highest BCUT2D eigenvalue weighted by Crippen LogP contribution is 2.23. The molecule has 5 heteroatoms. The van der Waals surface area contributed by atoms with Gasteiger partial charge in [-0.3, -0.25) is 9.69 Å². The van der Waals surface area contributed by atoms with Crippen molar-refractivity contribution in [2.24, 2.45) is 0 Å². The minimum absolute atomic E-state index is 0.126. The second-order valence-electron chi connectivity index (χ2n) is 3.77. The van der Waals surface area contributed by atoms with Crippen molar-refractivity contribution < 1.29 is 9.21 Å². The van der Waals surface area contributed by atoms with Gasteiger partial charge in [-0.15, -0.1) is 11.3 Å². The number of rotatable bonds is 5. The van der Waals surface area contributed by atoms with E-state index < -0.39 is 0 Å². The fraction of sp³-hybridized carbons (Fsp3) is 0.250. The van der Waals surface area contributed by atoms with Gasteiger partial charge in [0.1, 0.15) is 5.76 Å². The molecule has 0 N–H and O–H groups in total. The second kappa shape index (κ2) is 5.62. The summed E-state index contributed by atoms with van der Waals surface area (Å²) in [5, 5.41) is 1.91. The van der Waals surface area contributed by atoms with Crippen LogP contribution in [0.3, 0.4) is 0 Å². The normalized spacial score (nSPS) is 11.0. The van der Waals surface area contributed by atoms with Gasteiger partial charge in [-0.05, 0) is 46.6 Å². The van der Waals surface area contributed by atoms with Crippen molar-refractivity contribution in [2.45, 2.75) is 6.54 Å². The highest BCUT2D eigenvalue weighted by Gasteiger charge is 2.14. The molecule has 2 aromatic heterocycles. The maximum absolute atomic E-state index is 12.0. The Hall–Kier alpha value is -0.910. The van der Waals surface area contributed by atoms with Crippen molar-refractivity contribution in [1.82, 2.24) is 4.90 Å². The zero-order valence-electron chi connectivity index (χ0n) is 9.35. The van der Waals surface area contributed by atoms with E-state index in [0.717, 1.165) is 15.1 Å². The van der Waals surface area contributed by atoms with Gasteiger partial charge < -0.3 is 4.42 Å². The van der Waals surface area contributed by atoms with E-state index in [1.165, 1.54) is 11.3 Å². The first-order valence-electron chi connectivity index (χ1n) is 5.14. The number of hydrogen-bond donors (Lipinski definition) is 0. The Morgan fingerprint density at radius 3 is 2.94 bits per heavy atom. The van der Waals surface area contributed by atoms with Crippen LogP contribution in [0.1, 0.15) is 15.4 Å². The molecule has 2 rings (SSSR count). The van der Waals surface area contributed by atoms with Gasteiger partial charge in [-0.1, -0.05) is 0 Å². The average Bonchev–Trinajstić information content (AvgIpc) is 2.88. The fourth-order valence-electron chi connectivity index (χ4n) is 1.53. The number of halogens is 1. The van der Waals surface area contributed by atoms with E-state index in [9.17, 15) is 4.79 Å². The van der Waals surface area contributed by atoms with Crippen LogP contribution < -0.4 is 0 Å². The van der Waals surface area contributed by atoms with Crippen LogP contribution in [0.5, 0.6) is 0 Å². The number of carbonyl (C=O) groups excluding carboxylic acids is 1. The largest absolute Gasteiger partial charge is 0.468 e. The lowest BCUT2D eigenvalue weighted by molar-refractivity contribution is 0.0943. The van der Waals surface area contributed by atoms with E-state index in [4.69, 9.17) is 4.42 Å². The average molecular weight is 314 g/mol. The molecule has 0 bridgehead atoms. The predicted molar refractivity (Wildman–Crippen MR) is 71.4 cm³/mol. The first kappa shape index (κ1) is 12.5. The highest BCUT2D eigenvalue weighted by atomic mass is 79.9. The summed E-state index contributed by atoms with van der Waals surface area (Å²) in [6.07, 6.45) is 1.64. The third-order valence-electron chi connectivity index (χ3n) is 2.29. The van der Waals surface area contributed by atoms with Crippen molar-refractivity contribution in [1.29, 1.82) is 0 Å². The standard InChI is InChI=1S/C12H12BrNO2S/c1-14(7-9-3-2-5-16-9)8-11(15)12-10(13)4-6-17-12/h2-6H,7-8H2,1H3. The molecule has 90 valence electrons. The molecule has 0 aliphatic heterocycles. The maximum Gasteiger partial charge on any atom is 0.187 e. The fourth-order valence-corrected chi connectivity index (χ4v) is 3.06. The SMILES string of the molecule is CN(CC(=O)c1sccc1Br)Cc1ccco1. The molecule has 0 spiro atoms. The molecule has 17 heavy (non-hydrogen) atoms. The van der Waals surface area contributed by atoms with Gasteiger partial charge in [-0.25, -0.2) is 0 Å². The summed E-state index contributed by atoms with van der Waals surface area (Å²) in [5.74, 6) is 0.992. The summed E-state index contributed by atoms with van der Waals surface area (Å²) in [4.78, 5) is 14.7. The van der Waals surface area contributed by atoms with Crippen LogP contribution in [0.4, 0.5) is 0 Å². The monoisotopic (exact) mass is 313 g/mol. The molecule has 0 saturated carbocycles. The van der Waals surface area contributed by atoms with Crippen LogP contribution in [0, 0.1) is 0 Å². The Bertz CT molecular complexity index is 492. The van der Waals surface area contributed by atoms with Gasteiger partial charge in [-0.2, -0.15) is 0 Å².